The van der Waals surface area contributed by atoms with E-state index < -0.39 is 11.8 Å². The van der Waals surface area contributed by atoms with Crippen LogP contribution in [0.4, 0.5) is 0 Å². The Bertz CT molecular complexity index is 1250. The fourth-order valence-electron chi connectivity index (χ4n) is 6.05. The van der Waals surface area contributed by atoms with Crippen molar-refractivity contribution in [3.05, 3.63) is 94.5 Å². The highest BCUT2D eigenvalue weighted by molar-refractivity contribution is 6.08. The molecular weight excluding hydrogens is 440 g/mol. The number of imide groups is 1. The number of ether oxygens (including phenoxy) is 2. The summed E-state index contributed by atoms with van der Waals surface area (Å²) in [6.07, 6.45) is 1.55. The van der Waals surface area contributed by atoms with E-state index in [0.717, 1.165) is 32.8 Å². The van der Waals surface area contributed by atoms with Gasteiger partial charge in [0.15, 0.2) is 11.5 Å². The van der Waals surface area contributed by atoms with Gasteiger partial charge in [-0.1, -0.05) is 48.5 Å². The van der Waals surface area contributed by atoms with Crippen LogP contribution < -0.4 is 9.47 Å². The van der Waals surface area contributed by atoms with E-state index in [2.05, 4.69) is 29.4 Å². The number of hydrazone groups is 1. The average molecular weight is 467 g/mol. The molecule has 2 bridgehead atoms. The van der Waals surface area contributed by atoms with Crippen LogP contribution in [0.15, 0.2) is 71.8 Å². The maximum Gasteiger partial charge on any atom is 0.254 e. The predicted octanol–water partition coefficient (Wildman–Crippen LogP) is 4.71. The van der Waals surface area contributed by atoms with E-state index in [1.54, 1.807) is 6.21 Å². The van der Waals surface area contributed by atoms with Crippen molar-refractivity contribution < 1.29 is 19.1 Å². The quantitative estimate of drug-likeness (QED) is 0.390. The fourth-order valence-corrected chi connectivity index (χ4v) is 6.05. The van der Waals surface area contributed by atoms with Crippen molar-refractivity contribution in [2.75, 3.05) is 13.2 Å². The van der Waals surface area contributed by atoms with Crippen molar-refractivity contribution in [2.24, 2.45) is 16.9 Å². The predicted molar refractivity (Wildman–Crippen MR) is 132 cm³/mol. The Balaban J connectivity index is 1.36. The van der Waals surface area contributed by atoms with Crippen molar-refractivity contribution in [3.63, 3.8) is 0 Å². The maximum atomic E-state index is 13.6. The first kappa shape index (κ1) is 21.6. The fraction of sp³-hybridized carbons (Fsp3) is 0.276. The van der Waals surface area contributed by atoms with Crippen LogP contribution in [-0.4, -0.2) is 36.3 Å². The van der Waals surface area contributed by atoms with Crippen molar-refractivity contribution in [1.29, 1.82) is 0 Å². The Morgan fingerprint density at radius 1 is 0.743 bits per heavy atom. The topological polar surface area (TPSA) is 68.2 Å². The Morgan fingerprint density at radius 2 is 1.23 bits per heavy atom. The first-order chi connectivity index (χ1) is 17.1. The third-order valence-electron chi connectivity index (χ3n) is 7.31. The van der Waals surface area contributed by atoms with Gasteiger partial charge >= 0.3 is 0 Å². The number of carbonyl (C=O) groups excluding carboxylic acids is 2. The van der Waals surface area contributed by atoms with Gasteiger partial charge in [-0.25, -0.2) is 0 Å². The maximum absolute atomic E-state index is 13.6. The van der Waals surface area contributed by atoms with Crippen LogP contribution in [0.25, 0.3) is 0 Å². The van der Waals surface area contributed by atoms with Crippen LogP contribution in [0.3, 0.4) is 0 Å². The van der Waals surface area contributed by atoms with Crippen molar-refractivity contribution in [3.8, 4) is 11.5 Å². The molecule has 0 radical (unpaired) electrons. The molecule has 1 fully saturated rings. The summed E-state index contributed by atoms with van der Waals surface area (Å²) in [6.45, 7) is 4.85. The lowest BCUT2D eigenvalue weighted by Gasteiger charge is -2.45. The summed E-state index contributed by atoms with van der Waals surface area (Å²) in [5, 5.41) is 5.48. The second kappa shape index (κ2) is 8.38. The lowest BCUT2D eigenvalue weighted by atomic mass is 9.55. The molecule has 1 aliphatic heterocycles. The van der Waals surface area contributed by atoms with Crippen LogP contribution in [0.1, 0.15) is 53.5 Å². The number of benzene rings is 3. The zero-order valence-corrected chi connectivity index (χ0v) is 19.7. The molecule has 0 aromatic heterocycles. The van der Waals surface area contributed by atoms with Crippen LogP contribution in [0.2, 0.25) is 0 Å². The van der Waals surface area contributed by atoms with E-state index >= 15 is 0 Å². The van der Waals surface area contributed by atoms with Gasteiger partial charge < -0.3 is 9.47 Å². The first-order valence-corrected chi connectivity index (χ1v) is 12.1. The van der Waals surface area contributed by atoms with Crippen molar-refractivity contribution in [2.45, 2.75) is 25.7 Å². The van der Waals surface area contributed by atoms with Gasteiger partial charge in [0.25, 0.3) is 11.8 Å². The van der Waals surface area contributed by atoms with Gasteiger partial charge in [-0.3, -0.25) is 9.59 Å². The number of hydrogen-bond acceptors (Lipinski definition) is 5. The Hall–Kier alpha value is -3.93. The zero-order chi connectivity index (χ0) is 24.1. The highest BCUT2D eigenvalue weighted by atomic mass is 16.5. The number of nitrogens with zero attached hydrogens (tertiary/aromatic N) is 2. The molecule has 0 N–H and O–H groups in total. The Morgan fingerprint density at radius 3 is 1.71 bits per heavy atom. The number of amides is 2. The van der Waals surface area contributed by atoms with Gasteiger partial charge in [0.05, 0.1) is 31.3 Å². The number of carbonyl (C=O) groups is 2. The molecular formula is C29H26N2O4. The normalized spacial score (nSPS) is 23.9. The van der Waals surface area contributed by atoms with E-state index in [4.69, 9.17) is 9.47 Å². The van der Waals surface area contributed by atoms with Crippen molar-refractivity contribution >= 4 is 18.0 Å². The summed E-state index contributed by atoms with van der Waals surface area (Å²) < 4.78 is 11.3. The molecule has 1 saturated heterocycles. The van der Waals surface area contributed by atoms with Crippen LogP contribution >= 0.6 is 0 Å². The van der Waals surface area contributed by atoms with E-state index in [0.29, 0.717) is 24.7 Å². The molecule has 2 atom stereocenters. The highest BCUT2D eigenvalue weighted by Crippen LogP contribution is 2.60. The molecule has 3 aromatic carbocycles. The Kier molecular flexibility index (Phi) is 5.17. The number of hydrogen-bond donors (Lipinski definition) is 0. The summed E-state index contributed by atoms with van der Waals surface area (Å²) in [6, 6.07) is 21.9. The largest absolute Gasteiger partial charge is 0.490 e. The van der Waals surface area contributed by atoms with E-state index in [9.17, 15) is 9.59 Å². The van der Waals surface area contributed by atoms with E-state index in [-0.39, 0.29) is 23.7 Å². The van der Waals surface area contributed by atoms with E-state index in [1.165, 1.54) is 0 Å². The molecule has 4 aliphatic rings. The minimum absolute atomic E-state index is 0.135. The Labute approximate surface area is 204 Å². The molecule has 7 rings (SSSR count). The zero-order valence-electron chi connectivity index (χ0n) is 19.7. The molecule has 6 nitrogen and oxygen atoms in total. The molecule has 1 heterocycles. The highest BCUT2D eigenvalue weighted by Gasteiger charge is 2.61. The smallest absolute Gasteiger partial charge is 0.254 e. The minimum atomic E-state index is -0.436. The molecule has 0 saturated carbocycles. The average Bonchev–Trinajstić information content (AvgIpc) is 3.14. The van der Waals surface area contributed by atoms with Gasteiger partial charge in [0, 0.05) is 11.8 Å². The van der Waals surface area contributed by atoms with Crippen molar-refractivity contribution in [1.82, 2.24) is 5.01 Å². The molecule has 2 amide bonds. The van der Waals surface area contributed by atoms with Crippen LogP contribution in [0, 0.1) is 11.8 Å². The monoisotopic (exact) mass is 466 g/mol. The standard InChI is InChI=1S/C29H26N2O4/c1-3-34-22-14-13-17(15-23(22)35-4-2)16-30-31-28(32)26-24-18-9-5-6-10-19(18)25(27(26)29(31)33)21-12-8-7-11-20(21)24/h5-16,24-27H,3-4H2,1-2H3/b30-16-/t24?,25?,26-,27-/m1/s1. The summed E-state index contributed by atoms with van der Waals surface area (Å²) in [5.74, 6) is -0.346. The summed E-state index contributed by atoms with van der Waals surface area (Å²) >= 11 is 0. The molecule has 0 spiro atoms. The lowest BCUT2D eigenvalue weighted by molar-refractivity contribution is -0.139. The molecule has 3 aliphatic carbocycles. The number of rotatable bonds is 6. The SMILES string of the molecule is CCOc1ccc(/C=N\N2C(=O)[C@@H]3C4c5ccccc5C(c5ccccc54)[C@H]3C2=O)cc1OCC. The minimum Gasteiger partial charge on any atom is -0.490 e. The molecule has 0 unspecified atom stereocenters. The van der Waals surface area contributed by atoms with Gasteiger partial charge in [0.1, 0.15) is 0 Å². The van der Waals surface area contributed by atoms with E-state index in [1.807, 2.05) is 56.3 Å². The van der Waals surface area contributed by atoms with Crippen LogP contribution in [0.5, 0.6) is 11.5 Å². The third-order valence-corrected chi connectivity index (χ3v) is 7.31. The third kappa shape index (κ3) is 3.20. The summed E-state index contributed by atoms with van der Waals surface area (Å²) in [7, 11) is 0. The molecule has 35 heavy (non-hydrogen) atoms. The molecule has 176 valence electrons. The first-order valence-electron chi connectivity index (χ1n) is 12.1. The van der Waals surface area contributed by atoms with Crippen LogP contribution in [-0.2, 0) is 9.59 Å². The molecule has 6 heteroatoms. The van der Waals surface area contributed by atoms with Gasteiger partial charge in [-0.05, 0) is 59.9 Å². The van der Waals surface area contributed by atoms with Gasteiger partial charge in [0.2, 0.25) is 0 Å². The lowest BCUT2D eigenvalue weighted by Crippen LogP contribution is -2.41. The summed E-state index contributed by atoms with van der Waals surface area (Å²) in [4.78, 5) is 27.3. The second-order valence-electron chi connectivity index (χ2n) is 9.07. The van der Waals surface area contributed by atoms with Gasteiger partial charge in [-0.2, -0.15) is 10.1 Å². The molecule has 3 aromatic rings. The van der Waals surface area contributed by atoms with Gasteiger partial charge in [-0.15, -0.1) is 0 Å². The summed E-state index contributed by atoms with van der Waals surface area (Å²) in [5.41, 5.74) is 5.33. The second-order valence-corrected chi connectivity index (χ2v) is 9.07.